The van der Waals surface area contributed by atoms with Crippen molar-refractivity contribution in [3.8, 4) is 44.5 Å². The standard InChI is InChI=1S/C72H60BN3/c1-71(2,3)56-35-26-50(27-36-56)52-30-39-60(40-31-52)75-68-44-34-54(53-28-37-57(38-29-53)72(4,5)6)47-66(68)73-69-65(46-55-20-16-17-25-63(55)70(69)75)64-48-62(74(58-21-12-8-13-22-58)59-23-14-9-15-24-59)43-45-67(64)76(73)61-41-32-51(33-42-61)49-18-10-7-11-19-49/h7-48H,1-6H3. The van der Waals surface area contributed by atoms with Crippen molar-refractivity contribution >= 4 is 74.0 Å². The van der Waals surface area contributed by atoms with E-state index in [1.165, 1.54) is 88.7 Å². The predicted octanol–water partition coefficient (Wildman–Crippen LogP) is 18.6. The third-order valence-corrected chi connectivity index (χ3v) is 15.7. The monoisotopic (exact) mass is 977 g/mol. The van der Waals surface area contributed by atoms with E-state index in [1.54, 1.807) is 0 Å². The van der Waals surface area contributed by atoms with Crippen LogP contribution in [0.1, 0.15) is 52.7 Å². The Labute approximate surface area is 449 Å². The van der Waals surface area contributed by atoms with Crippen molar-refractivity contribution in [2.24, 2.45) is 0 Å². The molecule has 2 aliphatic rings. The summed E-state index contributed by atoms with van der Waals surface area (Å²) in [5.74, 6) is 0. The summed E-state index contributed by atoms with van der Waals surface area (Å²) in [4.78, 5) is 7.59. The molecule has 0 fully saturated rings. The van der Waals surface area contributed by atoms with Gasteiger partial charge in [-0.15, -0.1) is 0 Å². The topological polar surface area (TPSA) is 9.72 Å². The number of nitrogens with zero attached hydrogens (tertiary/aromatic N) is 3. The molecular formula is C72H60BN3. The van der Waals surface area contributed by atoms with Crippen LogP contribution in [-0.2, 0) is 10.8 Å². The maximum absolute atomic E-state index is 2.64. The zero-order valence-electron chi connectivity index (χ0n) is 44.2. The largest absolute Gasteiger partial charge is 0.376 e. The van der Waals surface area contributed by atoms with Gasteiger partial charge in [-0.05, 0) is 156 Å². The number of hydrogen-bond donors (Lipinski definition) is 0. The van der Waals surface area contributed by atoms with E-state index >= 15 is 0 Å². The molecular weight excluding hydrogens is 918 g/mol. The Kier molecular flexibility index (Phi) is 11.4. The van der Waals surface area contributed by atoms with Crippen molar-refractivity contribution < 1.29 is 0 Å². The Hall–Kier alpha value is -8.86. The Morgan fingerprint density at radius 1 is 0.355 bits per heavy atom. The minimum atomic E-state index is -0.185. The van der Waals surface area contributed by atoms with E-state index in [0.717, 1.165) is 34.1 Å². The zero-order chi connectivity index (χ0) is 51.7. The van der Waals surface area contributed by atoms with Crippen molar-refractivity contribution in [1.29, 1.82) is 0 Å². The van der Waals surface area contributed by atoms with Gasteiger partial charge in [0, 0.05) is 50.8 Å². The van der Waals surface area contributed by atoms with Gasteiger partial charge in [0.05, 0.1) is 5.69 Å². The fourth-order valence-corrected chi connectivity index (χ4v) is 11.7. The molecule has 0 unspecified atom stereocenters. The Balaban J connectivity index is 1.08. The molecule has 11 aromatic carbocycles. The van der Waals surface area contributed by atoms with E-state index in [2.05, 4.69) is 311 Å². The van der Waals surface area contributed by atoms with E-state index < -0.39 is 0 Å². The highest BCUT2D eigenvalue weighted by molar-refractivity contribution is 6.94. The van der Waals surface area contributed by atoms with Gasteiger partial charge in [-0.2, -0.15) is 0 Å². The lowest BCUT2D eigenvalue weighted by atomic mass is 9.43. The maximum atomic E-state index is 2.64. The number of rotatable bonds is 8. The predicted molar refractivity (Wildman–Crippen MR) is 326 cm³/mol. The van der Waals surface area contributed by atoms with Crippen molar-refractivity contribution in [1.82, 2.24) is 0 Å². The normalized spacial score (nSPS) is 12.8. The van der Waals surface area contributed by atoms with Crippen LogP contribution in [0.3, 0.4) is 0 Å². The number of fused-ring (bicyclic) bond motifs is 6. The summed E-state index contributed by atoms with van der Waals surface area (Å²) in [5, 5.41) is 2.42. The summed E-state index contributed by atoms with van der Waals surface area (Å²) >= 11 is 0. The first-order valence-corrected chi connectivity index (χ1v) is 26.8. The Morgan fingerprint density at radius 3 is 1.38 bits per heavy atom. The number of para-hydroxylation sites is 2. The molecule has 11 aromatic rings. The van der Waals surface area contributed by atoms with Crippen molar-refractivity contribution in [3.63, 3.8) is 0 Å². The molecule has 2 heterocycles. The zero-order valence-corrected chi connectivity index (χ0v) is 44.2. The van der Waals surface area contributed by atoms with Gasteiger partial charge in [0.15, 0.2) is 0 Å². The molecule has 0 bridgehead atoms. The molecule has 0 radical (unpaired) electrons. The van der Waals surface area contributed by atoms with Crippen LogP contribution >= 0.6 is 0 Å². The van der Waals surface area contributed by atoms with E-state index in [9.17, 15) is 0 Å². The average molecular weight is 978 g/mol. The second kappa shape index (κ2) is 18.5. The van der Waals surface area contributed by atoms with E-state index in [4.69, 9.17) is 0 Å². The lowest BCUT2D eigenvalue weighted by Gasteiger charge is -2.46. The van der Waals surface area contributed by atoms with Crippen LogP contribution in [0.4, 0.5) is 45.5 Å². The summed E-state index contributed by atoms with van der Waals surface area (Å²) in [6, 6.07) is 94.9. The molecule has 366 valence electrons. The summed E-state index contributed by atoms with van der Waals surface area (Å²) in [5.41, 5.74) is 24.0. The third kappa shape index (κ3) is 8.26. The molecule has 0 N–H and O–H groups in total. The van der Waals surface area contributed by atoms with Crippen LogP contribution in [0, 0.1) is 0 Å². The highest BCUT2D eigenvalue weighted by atomic mass is 15.2. The van der Waals surface area contributed by atoms with Crippen molar-refractivity contribution in [2.45, 2.75) is 52.4 Å². The highest BCUT2D eigenvalue weighted by Crippen LogP contribution is 2.51. The first kappa shape index (κ1) is 46.9. The molecule has 13 rings (SSSR count). The second-order valence-corrected chi connectivity index (χ2v) is 22.6. The quantitative estimate of drug-likeness (QED) is 0.141. The van der Waals surface area contributed by atoms with Gasteiger partial charge >= 0.3 is 6.85 Å². The van der Waals surface area contributed by atoms with Gasteiger partial charge in [-0.3, -0.25) is 0 Å². The lowest BCUT2D eigenvalue weighted by molar-refractivity contribution is 0.590. The van der Waals surface area contributed by atoms with Crippen LogP contribution < -0.4 is 25.5 Å². The smallest absolute Gasteiger partial charge is 0.333 e. The average Bonchev–Trinajstić information content (AvgIpc) is 3.56. The van der Waals surface area contributed by atoms with Gasteiger partial charge in [0.2, 0.25) is 0 Å². The van der Waals surface area contributed by atoms with E-state index in [-0.39, 0.29) is 17.7 Å². The molecule has 4 heteroatoms. The number of anilines is 8. The van der Waals surface area contributed by atoms with E-state index in [1.807, 2.05) is 0 Å². The molecule has 0 spiro atoms. The second-order valence-electron chi connectivity index (χ2n) is 22.6. The minimum Gasteiger partial charge on any atom is -0.376 e. The van der Waals surface area contributed by atoms with Crippen LogP contribution in [-0.4, -0.2) is 6.85 Å². The van der Waals surface area contributed by atoms with Gasteiger partial charge in [-0.1, -0.05) is 217 Å². The first-order valence-electron chi connectivity index (χ1n) is 26.8. The first-order chi connectivity index (χ1) is 37.0. The van der Waals surface area contributed by atoms with Crippen LogP contribution in [0.5, 0.6) is 0 Å². The molecule has 3 nitrogen and oxygen atoms in total. The molecule has 0 aromatic heterocycles. The molecule has 76 heavy (non-hydrogen) atoms. The fourth-order valence-electron chi connectivity index (χ4n) is 11.7. The van der Waals surface area contributed by atoms with Crippen molar-refractivity contribution in [2.75, 3.05) is 14.6 Å². The summed E-state index contributed by atoms with van der Waals surface area (Å²) in [7, 11) is 0. The van der Waals surface area contributed by atoms with Crippen molar-refractivity contribution in [3.05, 3.63) is 266 Å². The van der Waals surface area contributed by atoms with Gasteiger partial charge in [-0.25, -0.2) is 0 Å². The minimum absolute atomic E-state index is 0.0499. The van der Waals surface area contributed by atoms with Gasteiger partial charge < -0.3 is 14.6 Å². The summed E-state index contributed by atoms with van der Waals surface area (Å²) in [6.07, 6.45) is 0. The number of hydrogen-bond acceptors (Lipinski definition) is 3. The molecule has 0 saturated carbocycles. The summed E-state index contributed by atoms with van der Waals surface area (Å²) < 4.78 is 0. The molecule has 0 amide bonds. The summed E-state index contributed by atoms with van der Waals surface area (Å²) in [6.45, 7) is 13.5. The van der Waals surface area contributed by atoms with Crippen LogP contribution in [0.2, 0.25) is 0 Å². The Morgan fingerprint density at radius 2 is 0.816 bits per heavy atom. The van der Waals surface area contributed by atoms with Gasteiger partial charge in [0.25, 0.3) is 0 Å². The van der Waals surface area contributed by atoms with Gasteiger partial charge in [0.1, 0.15) is 0 Å². The molecule has 0 aliphatic carbocycles. The van der Waals surface area contributed by atoms with E-state index in [0.29, 0.717) is 0 Å². The fraction of sp³-hybridized carbons (Fsp3) is 0.111. The third-order valence-electron chi connectivity index (χ3n) is 15.7. The number of benzene rings is 11. The van der Waals surface area contributed by atoms with Crippen LogP contribution in [0.25, 0.3) is 55.3 Å². The molecule has 0 saturated heterocycles. The Bertz CT molecular complexity index is 3870. The SMILES string of the molecule is CC(C)(C)c1ccc(-c2ccc(N3c4ccc(-c5ccc(C(C)(C)C)cc5)cc4B4c5c(cc6ccccc6c53)-c3cc(N(c5ccccc5)c5ccccc5)ccc3N4c3ccc(-c4ccccc4)cc3)cc2)cc1. The molecule has 0 atom stereocenters. The van der Waals surface area contributed by atoms with Crippen LogP contribution in [0.15, 0.2) is 255 Å². The molecule has 2 aliphatic heterocycles. The lowest BCUT2D eigenvalue weighted by Crippen LogP contribution is -2.61. The maximum Gasteiger partial charge on any atom is 0.333 e. The highest BCUT2D eigenvalue weighted by Gasteiger charge is 2.46.